The number of unbranched alkanes of at least 4 members (excludes halogenated alkanes) is 2. The van der Waals surface area contributed by atoms with Crippen LogP contribution >= 0.6 is 11.6 Å². The number of epoxide rings is 1. The first-order valence-corrected chi connectivity index (χ1v) is 30.9. The summed E-state index contributed by atoms with van der Waals surface area (Å²) in [7, 11) is 6.96. The van der Waals surface area contributed by atoms with Crippen LogP contribution in [-0.2, 0) is 58.9 Å². The molecule has 9 atom stereocenters. The summed E-state index contributed by atoms with van der Waals surface area (Å²) in [5.41, 5.74) is 5.07. The number of methoxy groups -OCH3 is 3. The van der Waals surface area contributed by atoms with Gasteiger partial charge >= 0.3 is 18.1 Å². The van der Waals surface area contributed by atoms with Crippen molar-refractivity contribution in [3.05, 3.63) is 70.3 Å². The zero-order chi connectivity index (χ0) is 67.8. The van der Waals surface area contributed by atoms with Crippen molar-refractivity contribution in [3.63, 3.8) is 0 Å². The summed E-state index contributed by atoms with van der Waals surface area (Å²) < 4.78 is 33.5. The molecule has 3 heterocycles. The number of primary amides is 1. The smallest absolute Gasteiger partial charge is 0.409 e. The van der Waals surface area contributed by atoms with Gasteiger partial charge in [0.15, 0.2) is 12.3 Å². The van der Waals surface area contributed by atoms with Gasteiger partial charge in [0.25, 0.3) is 11.8 Å². The van der Waals surface area contributed by atoms with E-state index in [4.69, 9.17) is 45.8 Å². The number of nitrogens with one attached hydrogen (secondary N) is 5. The number of anilines is 2. The third kappa shape index (κ3) is 20.1. The average Bonchev–Trinajstić information content (AvgIpc) is 1.64. The molecule has 0 saturated carbocycles. The van der Waals surface area contributed by atoms with Crippen LogP contribution in [0.4, 0.5) is 21.0 Å². The molecule has 3 aliphatic heterocycles. The van der Waals surface area contributed by atoms with E-state index in [0.29, 0.717) is 31.2 Å². The van der Waals surface area contributed by atoms with Crippen LogP contribution in [0, 0.1) is 23.7 Å². The lowest BCUT2D eigenvalue weighted by atomic mass is 9.86. The molecule has 5 rings (SSSR count). The third-order valence-electron chi connectivity index (χ3n) is 16.6. The predicted molar refractivity (Wildman–Crippen MR) is 338 cm³/mol. The summed E-state index contributed by atoms with van der Waals surface area (Å²) in [5.74, 6) is -4.87. The lowest BCUT2D eigenvalue weighted by Crippen LogP contribution is -2.63. The van der Waals surface area contributed by atoms with Crippen molar-refractivity contribution in [3.8, 4) is 11.5 Å². The number of carbonyl (C=O) groups excluding carboxylic acids is 10. The molecular formula is C64H92ClN9O17. The maximum Gasteiger partial charge on any atom is 0.409 e. The molecule has 3 fully saturated rings. The van der Waals surface area contributed by atoms with Gasteiger partial charge in [0.2, 0.25) is 29.5 Å². The monoisotopic (exact) mass is 1290 g/mol. The third-order valence-corrected chi connectivity index (χ3v) is 17.0. The summed E-state index contributed by atoms with van der Waals surface area (Å²) in [6, 6.07) is 3.28. The van der Waals surface area contributed by atoms with Gasteiger partial charge in [0.05, 0.1) is 37.3 Å². The highest BCUT2D eigenvalue weighted by molar-refractivity contribution is 6.35. The van der Waals surface area contributed by atoms with E-state index in [1.54, 1.807) is 44.2 Å². The van der Waals surface area contributed by atoms with Gasteiger partial charge in [0.1, 0.15) is 46.9 Å². The van der Waals surface area contributed by atoms with Crippen LogP contribution in [-0.4, -0.2) is 177 Å². The second-order valence-electron chi connectivity index (χ2n) is 24.6. The van der Waals surface area contributed by atoms with E-state index >= 15 is 0 Å². The van der Waals surface area contributed by atoms with E-state index in [9.17, 15) is 53.1 Å². The summed E-state index contributed by atoms with van der Waals surface area (Å²) >= 11 is 6.73. The fourth-order valence-corrected chi connectivity index (χ4v) is 11.2. The number of likely N-dealkylation sites (N-methyl/N-ethyl adjacent to an activating group) is 2. The minimum atomic E-state index is -1.77. The standard InChI is InChI=1S/C64H92ClN9O17/c1-35(2)42-32-51(76)74(59(42)81)27-17-15-16-23-50(75)70-54(36(3)4)57(79)69-44(21-19-26-67-61(66)83)56(78)68-43-25-24-41(31-46(43)86-12)58(80)72(10)39(7)60(82)89-34-52(77)73(11)45-29-40(30-47(87-13)53(45)65)28-37(5)20-18-22-49(88-14)64(85)33-48(90-62(84)71-64)38(6)55-63(8,9)91-55/h18,20,22,24-25,29-31,35-36,38-39,42,44,48-49,54-55,85H,15-17,19,21,23,26-28,32-34H2,1-14H3,(H,68,78)(H,69,79)(H,70,75)(H,71,84)(H3,66,67,83)/b22-18+,37-20+/t38-,39+,42?,44+,48+,49-,54+,55+,64+/m1/s1. The maximum absolute atomic E-state index is 14.0. The first-order chi connectivity index (χ1) is 42.8. The molecule has 2 aromatic carbocycles. The number of nitrogens with two attached hydrogens (primary N) is 1. The number of carbonyl (C=O) groups is 10. The van der Waals surface area contributed by atoms with Crippen molar-refractivity contribution in [2.24, 2.45) is 29.4 Å². The quantitative estimate of drug-likeness (QED) is 0.0148. The van der Waals surface area contributed by atoms with Crippen molar-refractivity contribution < 1.29 is 81.5 Å². The Morgan fingerprint density at radius 1 is 0.923 bits per heavy atom. The number of amides is 10. The van der Waals surface area contributed by atoms with E-state index < -0.39 is 96.2 Å². The van der Waals surface area contributed by atoms with Gasteiger partial charge in [-0.15, -0.1) is 0 Å². The lowest BCUT2D eigenvalue weighted by molar-refractivity contribution is -0.151. The molecule has 0 radical (unpaired) electrons. The molecule has 2 aromatic rings. The number of likely N-dealkylation sites (tertiary alicyclic amines) is 1. The molecule has 3 aliphatic rings. The number of halogens is 1. The summed E-state index contributed by atoms with van der Waals surface area (Å²) in [4.78, 5) is 135. The lowest BCUT2D eigenvalue weighted by Gasteiger charge is -2.42. The Hall–Kier alpha value is -7.81. The largest absolute Gasteiger partial charge is 0.495 e. The Morgan fingerprint density at radius 2 is 1.60 bits per heavy atom. The molecule has 502 valence electrons. The van der Waals surface area contributed by atoms with Crippen LogP contribution in [0.25, 0.3) is 0 Å². The zero-order valence-corrected chi connectivity index (χ0v) is 55.4. The number of alkyl carbamates (subject to hydrolysis) is 1. The highest BCUT2D eigenvalue weighted by Gasteiger charge is 2.56. The number of hydrogen-bond donors (Lipinski definition) is 7. The number of aliphatic hydroxyl groups is 1. The van der Waals surface area contributed by atoms with Crippen molar-refractivity contribution >= 4 is 82.4 Å². The average molecular weight is 1290 g/mol. The van der Waals surface area contributed by atoms with Gasteiger partial charge in [-0.1, -0.05) is 76.4 Å². The number of esters is 1. The molecule has 0 aliphatic carbocycles. The van der Waals surface area contributed by atoms with Gasteiger partial charge in [0, 0.05) is 71.0 Å². The number of benzene rings is 2. The molecule has 0 spiro atoms. The van der Waals surface area contributed by atoms with Crippen LogP contribution in [0.3, 0.4) is 0 Å². The Labute approximate surface area is 537 Å². The van der Waals surface area contributed by atoms with Crippen LogP contribution in [0.15, 0.2) is 54.1 Å². The maximum atomic E-state index is 14.0. The summed E-state index contributed by atoms with van der Waals surface area (Å²) in [6.07, 6.45) is 5.08. The van der Waals surface area contributed by atoms with Crippen LogP contribution < -0.4 is 46.7 Å². The SMILES string of the molecule is COc1cc(C(=O)N(C)[C@@H](C)C(=O)OCC(=O)N(C)c2cc(C/C(C)=C/C=C/[C@@H](OC)[C@@]3(O)C[C@@H]([C@@H](C)[C@@H]4OC4(C)C)OC(=O)N3)cc(OC)c2Cl)ccc1NC(=O)[C@H](CCCNC(N)=O)NC(=O)[C@@H](NC(=O)CCCCCN1C(=O)CC(C(C)C)C1=O)C(C)C. The van der Waals surface area contributed by atoms with Crippen molar-refractivity contribution in [2.45, 2.75) is 168 Å². The van der Waals surface area contributed by atoms with E-state index in [-0.39, 0.29) is 120 Å². The van der Waals surface area contributed by atoms with E-state index in [1.165, 1.54) is 70.3 Å². The van der Waals surface area contributed by atoms with Gasteiger partial charge in [-0.05, 0) is 108 Å². The Balaban J connectivity index is 1.16. The molecule has 1 unspecified atom stereocenters. The normalized spacial score (nSPS) is 20.4. The van der Waals surface area contributed by atoms with Crippen LogP contribution in [0.1, 0.15) is 130 Å². The van der Waals surface area contributed by atoms with Gasteiger partial charge < -0.3 is 70.3 Å². The molecule has 8 N–H and O–H groups in total. The van der Waals surface area contributed by atoms with Gasteiger partial charge in [-0.25, -0.2) is 14.4 Å². The number of hydrogen-bond acceptors (Lipinski definition) is 17. The summed E-state index contributed by atoms with van der Waals surface area (Å²) in [5, 5.41) is 24.9. The fraction of sp³-hybridized carbons (Fsp3) is 0.594. The molecular weight excluding hydrogens is 1200 g/mol. The minimum absolute atomic E-state index is 0.0207. The predicted octanol–water partition coefficient (Wildman–Crippen LogP) is 5.69. The van der Waals surface area contributed by atoms with E-state index in [0.717, 1.165) is 10.5 Å². The Bertz CT molecular complexity index is 3060. The van der Waals surface area contributed by atoms with Crippen molar-refractivity contribution in [2.75, 3.05) is 65.3 Å². The number of allylic oxidation sites excluding steroid dienone is 3. The molecule has 0 aromatic heterocycles. The topological polar surface area (TPSA) is 345 Å². The number of imide groups is 1. The molecule has 0 bridgehead atoms. The number of cyclic esters (lactones) is 1. The number of nitrogens with zero attached hydrogens (tertiary/aromatic N) is 3. The van der Waals surface area contributed by atoms with Crippen molar-refractivity contribution in [1.82, 2.24) is 31.1 Å². The number of urea groups is 1. The van der Waals surface area contributed by atoms with Gasteiger partial charge in [-0.3, -0.25) is 43.8 Å². The van der Waals surface area contributed by atoms with Crippen LogP contribution in [0.2, 0.25) is 5.02 Å². The molecule has 26 nitrogen and oxygen atoms in total. The highest BCUT2D eigenvalue weighted by atomic mass is 35.5. The second-order valence-corrected chi connectivity index (χ2v) is 25.0. The minimum Gasteiger partial charge on any atom is -0.495 e. The number of ether oxygens (including phenoxy) is 6. The summed E-state index contributed by atoms with van der Waals surface area (Å²) in [6.45, 7) is 16.0. The van der Waals surface area contributed by atoms with E-state index in [2.05, 4.69) is 26.6 Å². The highest BCUT2D eigenvalue weighted by Crippen LogP contribution is 2.44. The first-order valence-electron chi connectivity index (χ1n) is 30.6. The van der Waals surface area contributed by atoms with Gasteiger partial charge in [-0.2, -0.15) is 0 Å². The molecule has 10 amide bonds. The Kier molecular flexibility index (Phi) is 26.8. The number of rotatable bonds is 33. The molecule has 91 heavy (non-hydrogen) atoms. The first kappa shape index (κ1) is 73.9. The Morgan fingerprint density at radius 3 is 2.21 bits per heavy atom. The fourth-order valence-electron chi connectivity index (χ4n) is 10.9. The second kappa shape index (κ2) is 33.0. The molecule has 27 heteroatoms. The van der Waals surface area contributed by atoms with E-state index in [1.807, 2.05) is 41.5 Å². The van der Waals surface area contributed by atoms with Crippen molar-refractivity contribution in [1.29, 1.82) is 0 Å². The van der Waals surface area contributed by atoms with Crippen LogP contribution in [0.5, 0.6) is 11.5 Å². The molecule has 3 saturated heterocycles. The zero-order valence-electron chi connectivity index (χ0n) is 54.7.